The summed E-state index contributed by atoms with van der Waals surface area (Å²) in [5.41, 5.74) is 5.30. The van der Waals surface area contributed by atoms with E-state index in [9.17, 15) is 0 Å². The first kappa shape index (κ1) is 19.6. The molecule has 1 aliphatic rings. The van der Waals surface area contributed by atoms with Crippen LogP contribution in [0.1, 0.15) is 37.0 Å². The molecule has 1 aliphatic heterocycles. The summed E-state index contributed by atoms with van der Waals surface area (Å²) < 4.78 is 10.2. The predicted molar refractivity (Wildman–Crippen MR) is 129 cm³/mol. The zero-order valence-corrected chi connectivity index (χ0v) is 19.6. The number of nitrogens with zero attached hydrogens (tertiary/aromatic N) is 5. The van der Waals surface area contributed by atoms with E-state index in [1.165, 1.54) is 10.4 Å². The fourth-order valence-corrected chi connectivity index (χ4v) is 5.85. The minimum absolute atomic E-state index is 0.193. The van der Waals surface area contributed by atoms with Crippen LogP contribution in [0.4, 0.5) is 0 Å². The second kappa shape index (κ2) is 6.73. The lowest BCUT2D eigenvalue weighted by molar-refractivity contribution is -0.0379. The van der Waals surface area contributed by atoms with Gasteiger partial charge in [0.1, 0.15) is 10.7 Å². The normalized spacial score (nSPS) is 15.6. The number of fused-ring (bicyclic) bond motifs is 6. The van der Waals surface area contributed by atoms with E-state index in [2.05, 4.69) is 55.5 Å². The number of hydrogen-bond acceptors (Lipinski definition) is 5. The molecule has 0 saturated carbocycles. The molecule has 6 rings (SSSR count). The average molecular weight is 444 g/mol. The second-order valence-electron chi connectivity index (χ2n) is 9.38. The topological polar surface area (TPSA) is 57.2 Å². The van der Waals surface area contributed by atoms with Crippen LogP contribution in [-0.2, 0) is 24.3 Å². The van der Waals surface area contributed by atoms with Crippen LogP contribution in [0.5, 0.6) is 0 Å². The Labute approximate surface area is 190 Å². The Bertz CT molecular complexity index is 1550. The molecule has 32 heavy (non-hydrogen) atoms. The maximum Gasteiger partial charge on any atom is 0.184 e. The molecule has 0 N–H and O–H groups in total. The smallest absolute Gasteiger partial charge is 0.184 e. The number of hydrogen-bond donors (Lipinski definition) is 0. The molecule has 5 aromatic rings. The fraction of sp³-hybridized carbons (Fsp3) is 0.320. The first-order valence-corrected chi connectivity index (χ1v) is 11.7. The summed E-state index contributed by atoms with van der Waals surface area (Å²) in [5.74, 6) is 1.57. The Morgan fingerprint density at radius 2 is 2.06 bits per heavy atom. The number of para-hydroxylation sites is 1. The van der Waals surface area contributed by atoms with Gasteiger partial charge in [-0.1, -0.05) is 30.4 Å². The van der Waals surface area contributed by atoms with Gasteiger partial charge in [-0.25, -0.2) is 9.97 Å². The quantitative estimate of drug-likeness (QED) is 0.336. The van der Waals surface area contributed by atoms with E-state index in [1.54, 1.807) is 11.3 Å². The second-order valence-corrected chi connectivity index (χ2v) is 10.5. The molecule has 6 nitrogen and oxygen atoms in total. The van der Waals surface area contributed by atoms with Crippen LogP contribution in [0.25, 0.3) is 38.2 Å². The van der Waals surface area contributed by atoms with E-state index in [4.69, 9.17) is 19.8 Å². The zero-order chi connectivity index (χ0) is 22.2. The molecule has 5 heterocycles. The van der Waals surface area contributed by atoms with E-state index < -0.39 is 0 Å². The molecule has 162 valence electrons. The van der Waals surface area contributed by atoms with Crippen molar-refractivity contribution in [2.24, 2.45) is 0 Å². The average Bonchev–Trinajstić information content (AvgIpc) is 3.41. The molecule has 0 bridgehead atoms. The van der Waals surface area contributed by atoms with E-state index >= 15 is 0 Å². The minimum atomic E-state index is -0.193. The van der Waals surface area contributed by atoms with E-state index in [0.29, 0.717) is 6.61 Å². The number of allylic oxidation sites excluding steroid dienone is 1. The fourth-order valence-electron chi connectivity index (χ4n) is 4.70. The third-order valence-electron chi connectivity index (χ3n) is 6.14. The summed E-state index contributed by atoms with van der Waals surface area (Å²) in [6.07, 6.45) is 3.00. The Hall–Kier alpha value is -3.03. The van der Waals surface area contributed by atoms with E-state index in [0.717, 1.165) is 62.5 Å². The number of thiophene rings is 1. The predicted octanol–water partition coefficient (Wildman–Crippen LogP) is 5.70. The van der Waals surface area contributed by atoms with Crippen LogP contribution >= 0.6 is 11.3 Å². The highest BCUT2D eigenvalue weighted by molar-refractivity contribution is 7.19. The van der Waals surface area contributed by atoms with Crippen molar-refractivity contribution in [3.8, 4) is 11.4 Å². The third-order valence-corrected chi connectivity index (χ3v) is 7.24. The van der Waals surface area contributed by atoms with Crippen molar-refractivity contribution in [1.82, 2.24) is 24.1 Å². The first-order valence-electron chi connectivity index (χ1n) is 10.8. The SMILES string of the molecule is C=C(C)Cn1cc(-c2nc3c4c5c(sc4nc(C)n3n2)COC(C)(C)C5)c2ccccc21. The molecule has 1 aromatic carbocycles. The number of benzene rings is 1. The van der Waals surface area contributed by atoms with Crippen molar-refractivity contribution in [3.05, 3.63) is 58.9 Å². The highest BCUT2D eigenvalue weighted by atomic mass is 32.1. The maximum atomic E-state index is 6.05. The Morgan fingerprint density at radius 1 is 1.25 bits per heavy atom. The molecule has 0 atom stereocenters. The van der Waals surface area contributed by atoms with Gasteiger partial charge in [0.25, 0.3) is 0 Å². The van der Waals surface area contributed by atoms with Crippen LogP contribution in [0.3, 0.4) is 0 Å². The highest BCUT2D eigenvalue weighted by Gasteiger charge is 2.31. The summed E-state index contributed by atoms with van der Waals surface area (Å²) in [6, 6.07) is 8.41. The summed E-state index contributed by atoms with van der Waals surface area (Å²) in [7, 11) is 0. The molecular formula is C25H25N5OS. The van der Waals surface area contributed by atoms with Gasteiger partial charge in [-0.05, 0) is 39.3 Å². The van der Waals surface area contributed by atoms with Gasteiger partial charge in [0.2, 0.25) is 0 Å². The van der Waals surface area contributed by atoms with Crippen LogP contribution in [-0.4, -0.2) is 29.8 Å². The summed E-state index contributed by atoms with van der Waals surface area (Å²) in [5, 5.41) is 7.19. The minimum Gasteiger partial charge on any atom is -0.370 e. The van der Waals surface area contributed by atoms with Crippen molar-refractivity contribution < 1.29 is 4.74 Å². The van der Waals surface area contributed by atoms with Gasteiger partial charge in [-0.3, -0.25) is 0 Å². The summed E-state index contributed by atoms with van der Waals surface area (Å²) >= 11 is 1.72. The van der Waals surface area contributed by atoms with Gasteiger partial charge >= 0.3 is 0 Å². The zero-order valence-electron chi connectivity index (χ0n) is 18.8. The Kier molecular flexibility index (Phi) is 4.13. The lowest BCUT2D eigenvalue weighted by Gasteiger charge is -2.30. The van der Waals surface area contributed by atoms with Crippen LogP contribution in [0.2, 0.25) is 0 Å². The molecule has 4 aromatic heterocycles. The van der Waals surface area contributed by atoms with Gasteiger partial charge in [0, 0.05) is 40.5 Å². The van der Waals surface area contributed by atoms with Gasteiger partial charge < -0.3 is 9.30 Å². The first-order chi connectivity index (χ1) is 15.3. The Morgan fingerprint density at radius 3 is 2.88 bits per heavy atom. The number of aryl methyl sites for hydroxylation is 1. The molecule has 0 aliphatic carbocycles. The molecule has 7 heteroatoms. The van der Waals surface area contributed by atoms with Crippen molar-refractivity contribution in [2.75, 3.05) is 0 Å². The molecule has 0 fully saturated rings. The number of rotatable bonds is 3. The largest absolute Gasteiger partial charge is 0.370 e. The van der Waals surface area contributed by atoms with Gasteiger partial charge in [-0.2, -0.15) is 4.52 Å². The molecule has 0 unspecified atom stereocenters. The molecule has 0 saturated heterocycles. The molecule has 0 radical (unpaired) electrons. The van der Waals surface area contributed by atoms with Crippen LogP contribution < -0.4 is 0 Å². The highest BCUT2D eigenvalue weighted by Crippen LogP contribution is 2.40. The number of aromatic nitrogens is 5. The van der Waals surface area contributed by atoms with Crippen molar-refractivity contribution in [1.29, 1.82) is 0 Å². The lowest BCUT2D eigenvalue weighted by atomic mass is 9.94. The van der Waals surface area contributed by atoms with Crippen molar-refractivity contribution >= 4 is 38.1 Å². The van der Waals surface area contributed by atoms with Gasteiger partial charge in [-0.15, -0.1) is 16.4 Å². The summed E-state index contributed by atoms with van der Waals surface area (Å²) in [4.78, 5) is 12.2. The summed E-state index contributed by atoms with van der Waals surface area (Å²) in [6.45, 7) is 13.8. The third kappa shape index (κ3) is 2.92. The van der Waals surface area contributed by atoms with Crippen molar-refractivity contribution in [3.63, 3.8) is 0 Å². The van der Waals surface area contributed by atoms with Crippen LogP contribution in [0.15, 0.2) is 42.6 Å². The van der Waals surface area contributed by atoms with Crippen molar-refractivity contribution in [2.45, 2.75) is 52.9 Å². The molecule has 0 spiro atoms. The monoisotopic (exact) mass is 443 g/mol. The van der Waals surface area contributed by atoms with Gasteiger partial charge in [0.15, 0.2) is 11.5 Å². The number of ether oxygens (including phenoxy) is 1. The van der Waals surface area contributed by atoms with E-state index in [1.807, 2.05) is 18.4 Å². The van der Waals surface area contributed by atoms with Gasteiger partial charge in [0.05, 0.1) is 17.6 Å². The maximum absolute atomic E-state index is 6.05. The molecular weight excluding hydrogens is 418 g/mol. The van der Waals surface area contributed by atoms with Crippen LogP contribution in [0, 0.1) is 6.92 Å². The standard InChI is InChI=1S/C25H25N5OS/c1-14(2)11-29-12-18(16-8-6-7-9-19(16)29)22-27-23-21-17-10-25(4,5)31-13-20(17)32-24(21)26-15(3)30(23)28-22/h6-9,12H,1,10-11,13H2,2-5H3. The Balaban J connectivity index is 1.61. The van der Waals surface area contributed by atoms with E-state index in [-0.39, 0.29) is 5.60 Å². The lowest BCUT2D eigenvalue weighted by Crippen LogP contribution is -2.31. The molecule has 0 amide bonds.